The molecular weight excluding hydrogens is 693 g/mol. The predicted octanol–water partition coefficient (Wildman–Crippen LogP) is 7.42. The molecule has 0 radical (unpaired) electrons. The molecule has 9 rings (SSSR count). The van der Waals surface area contributed by atoms with Gasteiger partial charge in [-0.05, 0) is 5.92 Å². The Bertz CT molecular complexity index is 2310. The number of hydrogen-bond acceptors (Lipinski definition) is 3. The van der Waals surface area contributed by atoms with Gasteiger partial charge in [0, 0.05) is 0 Å². The second-order valence-electron chi connectivity index (χ2n) is 13.1. The Morgan fingerprint density at radius 3 is 2.61 bits per heavy atom. The quantitative estimate of drug-likeness (QED) is 0.141. The average molecular weight is 729 g/mol. The van der Waals surface area contributed by atoms with Crippen LogP contribution in [0.25, 0.3) is 53.2 Å². The Labute approximate surface area is 284 Å². The average Bonchev–Trinajstić information content (AvgIpc) is 3.87. The molecular formula is C41H35IN3S-. The molecule has 0 aliphatic heterocycles. The van der Waals surface area contributed by atoms with E-state index in [1.165, 1.54) is 66.0 Å². The van der Waals surface area contributed by atoms with Gasteiger partial charge in [-0.2, -0.15) is 0 Å². The van der Waals surface area contributed by atoms with Crippen LogP contribution in [-0.2, 0) is 0 Å². The van der Waals surface area contributed by atoms with Gasteiger partial charge in [-0.3, -0.25) is 0 Å². The molecule has 1 fully saturated rings. The van der Waals surface area contributed by atoms with E-state index in [2.05, 4.69) is 125 Å². The third-order valence-corrected chi connectivity index (χ3v) is 13.8. The maximum atomic E-state index is 6.66. The van der Waals surface area contributed by atoms with Gasteiger partial charge in [0.15, 0.2) is 0 Å². The Morgan fingerprint density at radius 2 is 1.74 bits per heavy atom. The number of aromatic nitrogens is 1. The molecule has 0 spiro atoms. The standard InChI is InChI=1S/C41H35IN3S/c1-25-9-2-3-12-30(25)35-24-28-22-29(35)23-34(28)26-10-8-11-27(21-26)36(43)19-20-44-42-45-37-15-6-4-14-33(37)40-38(45)18-17-32-31-13-5-7-16-39(31)46-41(32)40/h2-21,23,25,28-30,35H,22,24,43H2,1H3/q-1/b36-19-,44-20?. The van der Waals surface area contributed by atoms with Crippen molar-refractivity contribution in [3.63, 3.8) is 0 Å². The van der Waals surface area contributed by atoms with Crippen LogP contribution in [0.15, 0.2) is 125 Å². The molecule has 228 valence electrons. The molecule has 0 saturated heterocycles. The van der Waals surface area contributed by atoms with E-state index in [0.717, 1.165) is 17.2 Å². The van der Waals surface area contributed by atoms with E-state index in [4.69, 9.17) is 8.94 Å². The molecule has 6 aromatic rings. The van der Waals surface area contributed by atoms with Gasteiger partial charge in [0.25, 0.3) is 0 Å². The molecule has 3 nitrogen and oxygen atoms in total. The molecule has 2 N–H and O–H groups in total. The van der Waals surface area contributed by atoms with Crippen molar-refractivity contribution < 1.29 is 21.8 Å². The molecule has 0 amide bonds. The van der Waals surface area contributed by atoms with Crippen molar-refractivity contribution in [2.75, 3.05) is 0 Å². The normalized spacial score (nSPS) is 24.5. The Kier molecular flexibility index (Phi) is 7.01. The number of benzene rings is 4. The summed E-state index contributed by atoms with van der Waals surface area (Å²) in [7, 11) is 0. The van der Waals surface area contributed by atoms with Gasteiger partial charge in [0.2, 0.25) is 0 Å². The fourth-order valence-corrected chi connectivity index (χ4v) is 11.5. The third-order valence-electron chi connectivity index (χ3n) is 10.5. The van der Waals surface area contributed by atoms with Crippen molar-refractivity contribution in [2.45, 2.75) is 19.8 Å². The van der Waals surface area contributed by atoms with Crippen LogP contribution >= 0.6 is 11.3 Å². The SMILES string of the molecule is CC1C=CC=CC1C1CC2CC1C=C2c1cccc(/C(N)=C/C=N[I-]n2c3ccccc3c3c4sc5ccccc5c4ccc32)c1. The number of para-hydroxylation sites is 1. The number of allylic oxidation sites excluding steroid dienone is 7. The van der Waals surface area contributed by atoms with Crippen molar-refractivity contribution in [1.82, 2.24) is 2.78 Å². The van der Waals surface area contributed by atoms with Crippen LogP contribution in [0.4, 0.5) is 0 Å². The molecule has 5 heteroatoms. The number of thiophene rings is 1. The van der Waals surface area contributed by atoms with Gasteiger partial charge in [-0.1, -0.05) is 31.2 Å². The molecule has 3 aliphatic rings. The zero-order valence-electron chi connectivity index (χ0n) is 25.7. The summed E-state index contributed by atoms with van der Waals surface area (Å²) in [4.78, 5) is 0. The summed E-state index contributed by atoms with van der Waals surface area (Å²) in [5, 5.41) is 5.33. The molecule has 46 heavy (non-hydrogen) atoms. The summed E-state index contributed by atoms with van der Waals surface area (Å²) < 4.78 is 10.1. The fraction of sp³-hybridized carbons (Fsp3) is 0.195. The number of fused-ring (bicyclic) bond motifs is 9. The first-order chi connectivity index (χ1) is 22.6. The van der Waals surface area contributed by atoms with Crippen LogP contribution in [0.2, 0.25) is 0 Å². The Balaban J connectivity index is 0.972. The molecule has 3 aliphatic carbocycles. The monoisotopic (exact) mass is 728 g/mol. The molecule has 4 aromatic carbocycles. The van der Waals surface area contributed by atoms with Crippen LogP contribution < -0.4 is 27.5 Å². The van der Waals surface area contributed by atoms with Crippen LogP contribution in [0, 0.1) is 29.6 Å². The van der Waals surface area contributed by atoms with Crippen LogP contribution in [-0.4, -0.2) is 9.00 Å². The van der Waals surface area contributed by atoms with Gasteiger partial charge in [0.05, 0.1) is 0 Å². The first-order valence-corrected chi connectivity index (χ1v) is 19.0. The van der Waals surface area contributed by atoms with E-state index in [0.29, 0.717) is 23.7 Å². The van der Waals surface area contributed by atoms with E-state index in [9.17, 15) is 0 Å². The van der Waals surface area contributed by atoms with Gasteiger partial charge in [0.1, 0.15) is 0 Å². The van der Waals surface area contributed by atoms with Crippen molar-refractivity contribution in [3.8, 4) is 0 Å². The van der Waals surface area contributed by atoms with E-state index in [1.54, 1.807) is 0 Å². The minimum absolute atomic E-state index is 0.635. The zero-order valence-corrected chi connectivity index (χ0v) is 28.7. The maximum absolute atomic E-state index is 6.66. The Hall–Kier alpha value is -3.94. The number of nitrogens with zero attached hydrogens (tertiary/aromatic N) is 2. The first kappa shape index (κ1) is 28.3. The van der Waals surface area contributed by atoms with E-state index in [-0.39, 0.29) is 0 Å². The van der Waals surface area contributed by atoms with Crippen molar-refractivity contribution >= 4 is 70.8 Å². The van der Waals surface area contributed by atoms with Gasteiger partial charge < -0.3 is 0 Å². The topological polar surface area (TPSA) is 43.3 Å². The zero-order chi connectivity index (χ0) is 30.8. The van der Waals surface area contributed by atoms with Gasteiger partial charge in [-0.15, -0.1) is 0 Å². The summed E-state index contributed by atoms with van der Waals surface area (Å²) >= 11 is 1.21. The number of rotatable bonds is 6. The second kappa shape index (κ2) is 11.4. The number of hydrogen-bond donors (Lipinski definition) is 1. The molecule has 2 heterocycles. The van der Waals surface area contributed by atoms with Gasteiger partial charge >= 0.3 is 249 Å². The summed E-state index contributed by atoms with van der Waals surface area (Å²) in [6.07, 6.45) is 18.4. The minimum atomic E-state index is -0.682. The summed E-state index contributed by atoms with van der Waals surface area (Å²) in [5.41, 5.74) is 13.9. The predicted molar refractivity (Wildman–Crippen MR) is 193 cm³/mol. The van der Waals surface area contributed by atoms with E-state index >= 15 is 0 Å². The van der Waals surface area contributed by atoms with Crippen LogP contribution in [0.3, 0.4) is 0 Å². The summed E-state index contributed by atoms with van der Waals surface area (Å²) in [5.74, 6) is 3.42. The summed E-state index contributed by atoms with van der Waals surface area (Å²) in [6.45, 7) is 2.37. The molecule has 5 atom stereocenters. The van der Waals surface area contributed by atoms with Crippen molar-refractivity contribution in [3.05, 3.63) is 133 Å². The summed E-state index contributed by atoms with van der Waals surface area (Å²) in [6, 6.07) is 30.9. The second-order valence-corrected chi connectivity index (χ2v) is 16.1. The number of nitrogens with two attached hydrogens (primary N) is 1. The van der Waals surface area contributed by atoms with E-state index < -0.39 is 21.8 Å². The van der Waals surface area contributed by atoms with Gasteiger partial charge in [-0.25, -0.2) is 0 Å². The van der Waals surface area contributed by atoms with Crippen molar-refractivity contribution in [1.29, 1.82) is 0 Å². The van der Waals surface area contributed by atoms with Crippen LogP contribution in [0.5, 0.6) is 0 Å². The first-order valence-electron chi connectivity index (χ1n) is 16.3. The number of halogens is 1. The molecule has 5 unspecified atom stereocenters. The van der Waals surface area contributed by atoms with Crippen molar-refractivity contribution in [2.24, 2.45) is 38.5 Å². The molecule has 2 aromatic heterocycles. The van der Waals surface area contributed by atoms with Crippen LogP contribution in [0.1, 0.15) is 30.9 Å². The third kappa shape index (κ3) is 4.62. The molecule has 2 bridgehead atoms. The fourth-order valence-electron chi connectivity index (χ4n) is 8.38. The Morgan fingerprint density at radius 1 is 0.891 bits per heavy atom. The molecule has 1 saturated carbocycles. The van der Waals surface area contributed by atoms with E-state index in [1.807, 2.05) is 23.6 Å².